The SMILES string of the molecule is C=CCC(=NCCCN(C)C)N/C=C(/C=C(\C=O)c1cc(NC(=O)C2=CC=CCC(C(F)(F)F)=C2)ccc1C)CN(C)C.CC. The number of nitrogens with one attached hydrogen (secondary N) is 2. The Labute approximate surface area is 266 Å². The smallest absolute Gasteiger partial charge is 0.350 e. The monoisotopic (exact) mass is 627 g/mol. The molecule has 45 heavy (non-hydrogen) atoms. The number of nitrogens with zero attached hydrogens (tertiary/aromatic N) is 3. The fourth-order valence-electron chi connectivity index (χ4n) is 4.17. The van der Waals surface area contributed by atoms with Crippen LogP contribution in [0, 0.1) is 6.92 Å². The quantitative estimate of drug-likeness (QED) is 0.0448. The number of aldehydes is 1. The summed E-state index contributed by atoms with van der Waals surface area (Å²) in [6.45, 7) is 11.8. The number of halogens is 3. The van der Waals surface area contributed by atoms with Gasteiger partial charge in [-0.15, -0.1) is 6.58 Å². The molecule has 0 heterocycles. The highest BCUT2D eigenvalue weighted by molar-refractivity contribution is 6.10. The van der Waals surface area contributed by atoms with Crippen molar-refractivity contribution in [2.75, 3.05) is 53.1 Å². The van der Waals surface area contributed by atoms with Gasteiger partial charge in [0, 0.05) is 48.1 Å². The lowest BCUT2D eigenvalue weighted by molar-refractivity contribution is -0.112. The van der Waals surface area contributed by atoms with E-state index in [1.807, 2.05) is 60.1 Å². The number of amidine groups is 1. The van der Waals surface area contributed by atoms with Crippen molar-refractivity contribution in [3.05, 3.63) is 95.3 Å². The minimum Gasteiger partial charge on any atom is -0.350 e. The van der Waals surface area contributed by atoms with Crippen LogP contribution in [0.1, 0.15) is 44.2 Å². The maximum absolute atomic E-state index is 13.3. The fraction of sp³-hybridized carbons (Fsp3) is 0.400. The van der Waals surface area contributed by atoms with Crippen molar-refractivity contribution in [2.45, 2.75) is 46.2 Å². The number of rotatable bonds is 14. The Balaban J connectivity index is 0.00000496. The number of alkyl halides is 3. The predicted molar refractivity (Wildman–Crippen MR) is 181 cm³/mol. The predicted octanol–water partition coefficient (Wildman–Crippen LogP) is 6.88. The van der Waals surface area contributed by atoms with Crippen LogP contribution in [-0.4, -0.2) is 81.8 Å². The molecule has 2 N–H and O–H groups in total. The van der Waals surface area contributed by atoms with Gasteiger partial charge in [0.1, 0.15) is 5.84 Å². The van der Waals surface area contributed by atoms with Crippen LogP contribution < -0.4 is 10.6 Å². The third-order valence-corrected chi connectivity index (χ3v) is 6.31. The second kappa shape index (κ2) is 20.1. The number of carbonyl (C=O) groups excluding carboxylic acids is 2. The first kappa shape index (κ1) is 39.0. The summed E-state index contributed by atoms with van der Waals surface area (Å²) in [4.78, 5) is 33.9. The molecule has 0 atom stereocenters. The Kier molecular flexibility index (Phi) is 17.4. The zero-order chi connectivity index (χ0) is 34.0. The Bertz CT molecular complexity index is 1330. The van der Waals surface area contributed by atoms with Gasteiger partial charge in [-0.2, -0.15) is 13.2 Å². The van der Waals surface area contributed by atoms with Crippen molar-refractivity contribution in [1.82, 2.24) is 15.1 Å². The van der Waals surface area contributed by atoms with E-state index in [-0.39, 0.29) is 12.0 Å². The van der Waals surface area contributed by atoms with E-state index in [1.54, 1.807) is 30.4 Å². The number of aryl methyl sites for hydroxylation is 1. The third-order valence-electron chi connectivity index (χ3n) is 6.31. The molecular weight excluding hydrogens is 579 g/mol. The maximum Gasteiger partial charge on any atom is 0.413 e. The van der Waals surface area contributed by atoms with E-state index in [2.05, 4.69) is 27.1 Å². The van der Waals surface area contributed by atoms with Crippen molar-refractivity contribution in [3.8, 4) is 0 Å². The Morgan fingerprint density at radius 3 is 2.44 bits per heavy atom. The number of carbonyl (C=O) groups is 2. The maximum atomic E-state index is 13.3. The van der Waals surface area contributed by atoms with Crippen LogP contribution >= 0.6 is 0 Å². The normalized spacial score (nSPS) is 14.3. The van der Waals surface area contributed by atoms with Crippen LogP contribution in [-0.2, 0) is 9.59 Å². The molecule has 10 heteroatoms. The molecular formula is C35H48F3N5O2. The average molecular weight is 628 g/mol. The van der Waals surface area contributed by atoms with Crippen molar-refractivity contribution in [3.63, 3.8) is 0 Å². The molecule has 1 aromatic rings. The van der Waals surface area contributed by atoms with E-state index in [9.17, 15) is 22.8 Å². The molecule has 1 aromatic carbocycles. The number of benzene rings is 1. The first-order valence-electron chi connectivity index (χ1n) is 15.0. The van der Waals surface area contributed by atoms with Crippen molar-refractivity contribution >= 4 is 29.3 Å². The van der Waals surface area contributed by atoms with Crippen LogP contribution in [0.15, 0.2) is 89.1 Å². The van der Waals surface area contributed by atoms with Gasteiger partial charge in [0.05, 0.1) is 0 Å². The highest BCUT2D eigenvalue weighted by Gasteiger charge is 2.33. The summed E-state index contributed by atoms with van der Waals surface area (Å²) in [6, 6.07) is 5.04. The van der Waals surface area contributed by atoms with Crippen LogP contribution in [0.3, 0.4) is 0 Å². The summed E-state index contributed by atoms with van der Waals surface area (Å²) in [6.07, 6.45) is 7.72. The topological polar surface area (TPSA) is 77.0 Å². The van der Waals surface area contributed by atoms with Crippen molar-refractivity contribution in [1.29, 1.82) is 0 Å². The van der Waals surface area contributed by atoms with Crippen LogP contribution in [0.25, 0.3) is 5.57 Å². The van der Waals surface area contributed by atoms with Gasteiger partial charge in [-0.25, -0.2) is 0 Å². The molecule has 2 rings (SSSR count). The van der Waals surface area contributed by atoms with E-state index in [0.29, 0.717) is 36.3 Å². The molecule has 7 nitrogen and oxygen atoms in total. The summed E-state index contributed by atoms with van der Waals surface area (Å²) in [5.74, 6) is 0.0779. The molecule has 246 valence electrons. The standard InChI is InChI=1S/C33H42F3N5O2.C2H6/c1-7-11-31(37-16-10-17-40(3)4)38-21-25(22-41(5)6)18-27(23-42)30-20-29(15-14-24(30)2)39-32(43)26-12-8-9-13-28(19-26)33(34,35)36;1-2/h7-9,12,14-15,18-21,23H,1,10-11,13,16-17,22H2,2-6H3,(H,37,38)(H,39,43);1-2H3/b25-21-,27-18+;. The fourth-order valence-corrected chi connectivity index (χ4v) is 4.17. The molecule has 1 aliphatic rings. The minimum atomic E-state index is -4.54. The number of anilines is 1. The first-order chi connectivity index (χ1) is 21.3. The molecule has 1 amide bonds. The van der Waals surface area contributed by atoms with Gasteiger partial charge in [0.25, 0.3) is 5.91 Å². The molecule has 0 saturated carbocycles. The summed E-state index contributed by atoms with van der Waals surface area (Å²) >= 11 is 0. The lowest BCUT2D eigenvalue weighted by Crippen LogP contribution is -2.21. The van der Waals surface area contributed by atoms with E-state index >= 15 is 0 Å². The molecule has 0 unspecified atom stereocenters. The van der Waals surface area contributed by atoms with E-state index in [4.69, 9.17) is 0 Å². The third kappa shape index (κ3) is 14.5. The number of hydrogen-bond donors (Lipinski definition) is 2. The number of amides is 1. The van der Waals surface area contributed by atoms with E-state index in [0.717, 1.165) is 42.3 Å². The molecule has 0 radical (unpaired) electrons. The molecule has 0 spiro atoms. The first-order valence-corrected chi connectivity index (χ1v) is 15.0. The summed E-state index contributed by atoms with van der Waals surface area (Å²) in [5.41, 5.74) is 2.00. The van der Waals surface area contributed by atoms with Gasteiger partial charge >= 0.3 is 6.18 Å². The van der Waals surface area contributed by atoms with Gasteiger partial charge in [0.15, 0.2) is 6.29 Å². The number of allylic oxidation sites excluding steroid dienone is 5. The molecule has 0 fully saturated rings. The van der Waals surface area contributed by atoms with Gasteiger partial charge < -0.3 is 20.4 Å². The second-order valence-electron chi connectivity index (χ2n) is 10.7. The Morgan fingerprint density at radius 2 is 1.84 bits per heavy atom. The lowest BCUT2D eigenvalue weighted by atomic mass is 9.98. The van der Waals surface area contributed by atoms with Gasteiger partial charge in [0.2, 0.25) is 0 Å². The second-order valence-corrected chi connectivity index (χ2v) is 10.7. The molecule has 0 saturated heterocycles. The Morgan fingerprint density at radius 1 is 1.13 bits per heavy atom. The highest BCUT2D eigenvalue weighted by atomic mass is 19.4. The molecule has 0 aromatic heterocycles. The van der Waals surface area contributed by atoms with Crippen LogP contribution in [0.4, 0.5) is 18.9 Å². The minimum absolute atomic E-state index is 0.115. The lowest BCUT2D eigenvalue weighted by Gasteiger charge is -2.15. The van der Waals surface area contributed by atoms with E-state index in [1.165, 1.54) is 18.2 Å². The molecule has 0 bridgehead atoms. The summed E-state index contributed by atoms with van der Waals surface area (Å²) < 4.78 is 39.9. The summed E-state index contributed by atoms with van der Waals surface area (Å²) in [5, 5.41) is 5.93. The van der Waals surface area contributed by atoms with Crippen LogP contribution in [0.5, 0.6) is 0 Å². The van der Waals surface area contributed by atoms with Crippen LogP contribution in [0.2, 0.25) is 0 Å². The highest BCUT2D eigenvalue weighted by Crippen LogP contribution is 2.31. The van der Waals surface area contributed by atoms with Crippen molar-refractivity contribution in [2.24, 2.45) is 4.99 Å². The summed E-state index contributed by atoms with van der Waals surface area (Å²) in [7, 11) is 7.87. The zero-order valence-corrected chi connectivity index (χ0v) is 27.6. The number of likely N-dealkylation sites (N-methyl/N-ethyl adjacent to an activating group) is 1. The largest absolute Gasteiger partial charge is 0.413 e. The number of aliphatic imine (C=N–C) groups is 1. The van der Waals surface area contributed by atoms with E-state index < -0.39 is 17.7 Å². The van der Waals surface area contributed by atoms with Crippen molar-refractivity contribution < 1.29 is 22.8 Å². The number of hydrogen-bond acceptors (Lipinski definition) is 5. The molecule has 1 aliphatic carbocycles. The van der Waals surface area contributed by atoms with Gasteiger partial charge in [-0.3, -0.25) is 14.6 Å². The van der Waals surface area contributed by atoms with Gasteiger partial charge in [-0.1, -0.05) is 38.1 Å². The Hall–Kier alpha value is -4.02. The van der Waals surface area contributed by atoms with Gasteiger partial charge in [-0.05, 0) is 102 Å². The average Bonchev–Trinajstić information content (AvgIpc) is 3.25. The molecule has 0 aliphatic heterocycles. The zero-order valence-electron chi connectivity index (χ0n) is 27.6.